The van der Waals surface area contributed by atoms with Crippen molar-refractivity contribution < 1.29 is 0 Å². The van der Waals surface area contributed by atoms with Crippen LogP contribution in [-0.2, 0) is 0 Å². The second-order valence-electron chi connectivity index (χ2n) is 19.2. The van der Waals surface area contributed by atoms with Gasteiger partial charge in [-0.3, -0.25) is 0 Å². The monoisotopic (exact) mass is 586 g/mol. The second-order valence-corrected chi connectivity index (χ2v) is 19.2. The number of hydrogen-bond donors (Lipinski definition) is 0. The molecule has 9 saturated carbocycles. The highest BCUT2D eigenvalue weighted by molar-refractivity contribution is 5.19. The van der Waals surface area contributed by atoms with Crippen molar-refractivity contribution in [2.75, 3.05) is 13.1 Å². The first kappa shape index (κ1) is 28.0. The Kier molecular flexibility index (Phi) is 7.36. The molecule has 0 aromatic rings. The quantitative estimate of drug-likeness (QED) is 0.318. The maximum atomic E-state index is 3.06. The number of nitrogens with zero attached hydrogens (tertiary/aromatic N) is 1. The zero-order valence-corrected chi connectivity index (χ0v) is 27.9. The molecule has 1 heterocycles. The van der Waals surface area contributed by atoms with Crippen molar-refractivity contribution in [3.05, 3.63) is 0 Å². The lowest BCUT2D eigenvalue weighted by atomic mass is 9.47. The molecule has 0 aromatic heterocycles. The van der Waals surface area contributed by atoms with Gasteiger partial charge >= 0.3 is 0 Å². The van der Waals surface area contributed by atoms with E-state index >= 15 is 0 Å². The van der Waals surface area contributed by atoms with Crippen molar-refractivity contribution in [3.8, 4) is 0 Å². The molecule has 1 heteroatoms. The van der Waals surface area contributed by atoms with Gasteiger partial charge < -0.3 is 4.90 Å². The molecule has 43 heavy (non-hydrogen) atoms. The van der Waals surface area contributed by atoms with E-state index in [-0.39, 0.29) is 0 Å². The SMILES string of the molecule is C1CCC(C2C3C4CCCC5CCCC(C54)C3C(C3CCCCC3)C3C4CCC(N5CCCC5)C5CCCC(C45)C23)CC1. The molecule has 10 aliphatic rings. The fraction of sp³-hybridized carbons (Fsp3) is 1.00. The molecule has 0 N–H and O–H groups in total. The van der Waals surface area contributed by atoms with E-state index in [1.54, 1.807) is 135 Å². The van der Waals surface area contributed by atoms with Crippen molar-refractivity contribution in [1.29, 1.82) is 0 Å². The van der Waals surface area contributed by atoms with Gasteiger partial charge in [-0.25, -0.2) is 0 Å². The Bertz CT molecular complexity index is 931. The second kappa shape index (κ2) is 11.3. The van der Waals surface area contributed by atoms with E-state index in [1.165, 1.54) is 43.7 Å². The molecule has 9 aliphatic carbocycles. The zero-order chi connectivity index (χ0) is 28.1. The molecule has 240 valence electrons. The minimum atomic E-state index is 0.981. The van der Waals surface area contributed by atoms with Crippen LogP contribution in [0.4, 0.5) is 0 Å². The third-order valence-corrected chi connectivity index (χ3v) is 18.2. The Morgan fingerprint density at radius 1 is 0.256 bits per heavy atom. The molecule has 1 aliphatic heterocycles. The molecular weight excluding hydrogens is 518 g/mol. The summed E-state index contributed by atoms with van der Waals surface area (Å²) in [6, 6.07) is 0.981. The molecule has 1 saturated heterocycles. The predicted molar refractivity (Wildman–Crippen MR) is 177 cm³/mol. The molecule has 0 bridgehead atoms. The van der Waals surface area contributed by atoms with Crippen LogP contribution in [0.3, 0.4) is 0 Å². The maximum absolute atomic E-state index is 3.06. The fourth-order valence-electron chi connectivity index (χ4n) is 17.7. The highest BCUT2D eigenvalue weighted by Gasteiger charge is 2.71. The summed E-state index contributed by atoms with van der Waals surface area (Å²) < 4.78 is 0. The van der Waals surface area contributed by atoms with E-state index in [2.05, 4.69) is 4.90 Å². The van der Waals surface area contributed by atoms with Gasteiger partial charge in [0, 0.05) is 6.04 Å². The van der Waals surface area contributed by atoms with E-state index in [9.17, 15) is 0 Å². The standard InChI is InChI=1S/C42H67N/c1-3-12-27(13-4-1)36-39-30-19-9-16-26-17-10-20-31(35(26)30)40(39)37(28-14-5-2-6-15-28)42-33-22-23-34(43-24-7-8-25-43)29-18-11-21-32(38(29)33)41(36)42/h26-42H,1-25H2. The number of hydrogen-bond acceptors (Lipinski definition) is 1. The van der Waals surface area contributed by atoms with Crippen molar-refractivity contribution >= 4 is 0 Å². The highest BCUT2D eigenvalue weighted by atomic mass is 15.2. The Morgan fingerprint density at radius 3 is 1.23 bits per heavy atom. The van der Waals surface area contributed by atoms with Crippen LogP contribution < -0.4 is 0 Å². The summed E-state index contributed by atoms with van der Waals surface area (Å²) in [4.78, 5) is 3.06. The van der Waals surface area contributed by atoms with E-state index < -0.39 is 0 Å². The average Bonchev–Trinajstić information content (AvgIpc) is 3.80. The summed E-state index contributed by atoms with van der Waals surface area (Å²) in [5, 5.41) is 0. The van der Waals surface area contributed by atoms with Gasteiger partial charge in [0.2, 0.25) is 0 Å². The normalized spacial score (nSPS) is 55.4. The van der Waals surface area contributed by atoms with Gasteiger partial charge in [0.15, 0.2) is 0 Å². The Balaban J connectivity index is 1.11. The lowest BCUT2D eigenvalue weighted by molar-refractivity contribution is -0.102. The molecular formula is C42H67N. The Labute approximate surface area is 265 Å². The van der Waals surface area contributed by atoms with Gasteiger partial charge in [-0.1, -0.05) is 96.3 Å². The van der Waals surface area contributed by atoms with Crippen LogP contribution in [0.2, 0.25) is 0 Å². The first-order valence-corrected chi connectivity index (χ1v) is 21.1. The minimum Gasteiger partial charge on any atom is -0.300 e. The van der Waals surface area contributed by atoms with E-state index in [0.29, 0.717) is 0 Å². The summed E-state index contributed by atoms with van der Waals surface area (Å²) in [7, 11) is 0. The number of rotatable bonds is 3. The van der Waals surface area contributed by atoms with Gasteiger partial charge in [0.25, 0.3) is 0 Å². The van der Waals surface area contributed by atoms with Crippen molar-refractivity contribution in [2.24, 2.45) is 94.7 Å². The van der Waals surface area contributed by atoms with Gasteiger partial charge in [-0.05, 0) is 159 Å². The summed E-state index contributed by atoms with van der Waals surface area (Å²) >= 11 is 0. The maximum Gasteiger partial charge on any atom is 0.0126 e. The molecule has 1 nitrogen and oxygen atoms in total. The van der Waals surface area contributed by atoms with Gasteiger partial charge in [-0.15, -0.1) is 0 Å². The molecule has 0 radical (unpaired) electrons. The van der Waals surface area contributed by atoms with E-state index in [1.807, 2.05) is 0 Å². The van der Waals surface area contributed by atoms with Gasteiger partial charge in [-0.2, -0.15) is 0 Å². The first-order chi connectivity index (χ1) is 21.4. The van der Waals surface area contributed by atoms with Crippen LogP contribution in [-0.4, -0.2) is 24.0 Å². The fourth-order valence-corrected chi connectivity index (χ4v) is 17.7. The third-order valence-electron chi connectivity index (χ3n) is 18.2. The van der Waals surface area contributed by atoms with Crippen molar-refractivity contribution in [2.45, 2.75) is 154 Å². The molecule has 0 aromatic carbocycles. The summed E-state index contributed by atoms with van der Waals surface area (Å²) in [5.74, 6) is 18.4. The molecule has 10 fully saturated rings. The smallest absolute Gasteiger partial charge is 0.0126 e. The largest absolute Gasteiger partial charge is 0.300 e. The van der Waals surface area contributed by atoms with Gasteiger partial charge in [0.05, 0.1) is 0 Å². The van der Waals surface area contributed by atoms with Crippen molar-refractivity contribution in [1.82, 2.24) is 4.90 Å². The molecule has 0 amide bonds. The Hall–Kier alpha value is -0.0400. The first-order valence-electron chi connectivity index (χ1n) is 21.1. The number of fused-ring (bicyclic) bond motifs is 6. The molecule has 0 spiro atoms. The summed E-state index contributed by atoms with van der Waals surface area (Å²) in [5.41, 5.74) is 0. The topological polar surface area (TPSA) is 3.24 Å². The van der Waals surface area contributed by atoms with E-state index in [4.69, 9.17) is 0 Å². The van der Waals surface area contributed by atoms with Crippen LogP contribution >= 0.6 is 0 Å². The third kappa shape index (κ3) is 4.22. The van der Waals surface area contributed by atoms with Crippen LogP contribution in [0.15, 0.2) is 0 Å². The van der Waals surface area contributed by atoms with Crippen LogP contribution in [0, 0.1) is 94.7 Å². The van der Waals surface area contributed by atoms with Crippen LogP contribution in [0.25, 0.3) is 0 Å². The minimum absolute atomic E-state index is 0.981. The summed E-state index contributed by atoms with van der Waals surface area (Å²) in [6.07, 6.45) is 36.9. The predicted octanol–water partition coefficient (Wildman–Crippen LogP) is 10.6. The highest BCUT2D eigenvalue weighted by Crippen LogP contribution is 2.76. The van der Waals surface area contributed by atoms with Crippen LogP contribution in [0.5, 0.6) is 0 Å². The van der Waals surface area contributed by atoms with Gasteiger partial charge in [0.1, 0.15) is 0 Å². The van der Waals surface area contributed by atoms with Crippen LogP contribution in [0.1, 0.15) is 148 Å². The number of likely N-dealkylation sites (tertiary alicyclic amines) is 1. The molecule has 15 atom stereocenters. The lowest BCUT2D eigenvalue weighted by Gasteiger charge is -2.58. The lowest BCUT2D eigenvalue weighted by Crippen LogP contribution is -2.53. The Morgan fingerprint density at radius 2 is 0.674 bits per heavy atom. The van der Waals surface area contributed by atoms with E-state index in [0.717, 1.165) is 83.0 Å². The molecule has 15 unspecified atom stereocenters. The summed E-state index contributed by atoms with van der Waals surface area (Å²) in [6.45, 7) is 2.89. The molecule has 10 rings (SSSR count). The average molecular weight is 586 g/mol. The van der Waals surface area contributed by atoms with Crippen molar-refractivity contribution in [3.63, 3.8) is 0 Å². The zero-order valence-electron chi connectivity index (χ0n) is 27.9.